The zero-order valence-corrected chi connectivity index (χ0v) is 11.5. The molecule has 92 valence electrons. The number of nitrogens with one attached hydrogen (secondary N) is 1. The van der Waals surface area contributed by atoms with Crippen LogP contribution in [0.5, 0.6) is 0 Å². The number of aryl methyl sites for hydroxylation is 1. The maximum Gasteiger partial charge on any atom is 0.148 e. The van der Waals surface area contributed by atoms with Gasteiger partial charge in [-0.2, -0.15) is 0 Å². The topological polar surface area (TPSA) is 59.1 Å². The molecule has 0 saturated heterocycles. The molecule has 1 aromatic rings. The molecule has 0 radical (unpaired) electrons. The minimum Gasteiger partial charge on any atom is -0.307 e. The molecule has 0 fully saturated rings. The first-order valence-corrected chi connectivity index (χ1v) is 8.13. The van der Waals surface area contributed by atoms with E-state index < -0.39 is 9.84 Å². The first-order valence-electron chi connectivity index (χ1n) is 5.25. The summed E-state index contributed by atoms with van der Waals surface area (Å²) in [5.41, 5.74) is 0. The molecule has 1 atom stereocenters. The number of aromatic nitrogens is 1. The van der Waals surface area contributed by atoms with E-state index in [0.29, 0.717) is 6.54 Å². The van der Waals surface area contributed by atoms with Gasteiger partial charge in [-0.25, -0.2) is 13.4 Å². The predicted octanol–water partition coefficient (Wildman–Crippen LogP) is 1.23. The molecule has 1 heterocycles. The van der Waals surface area contributed by atoms with Crippen LogP contribution in [0.25, 0.3) is 0 Å². The van der Waals surface area contributed by atoms with E-state index in [-0.39, 0.29) is 11.8 Å². The Morgan fingerprint density at radius 2 is 2.25 bits per heavy atom. The first-order chi connectivity index (χ1) is 7.40. The zero-order valence-electron chi connectivity index (χ0n) is 9.86. The Labute approximate surface area is 101 Å². The van der Waals surface area contributed by atoms with Gasteiger partial charge in [-0.1, -0.05) is 6.92 Å². The van der Waals surface area contributed by atoms with Crippen molar-refractivity contribution in [3.8, 4) is 0 Å². The highest BCUT2D eigenvalue weighted by Crippen LogP contribution is 2.13. The molecule has 0 aliphatic rings. The van der Waals surface area contributed by atoms with Crippen LogP contribution in [0, 0.1) is 0 Å². The molecule has 16 heavy (non-hydrogen) atoms. The molecule has 0 saturated carbocycles. The van der Waals surface area contributed by atoms with Gasteiger partial charge in [0, 0.05) is 29.9 Å². The number of sulfone groups is 1. The molecule has 1 aromatic heterocycles. The number of rotatable bonds is 6. The van der Waals surface area contributed by atoms with Gasteiger partial charge >= 0.3 is 0 Å². The molecule has 0 aliphatic carbocycles. The minimum atomic E-state index is -2.91. The Hall–Kier alpha value is -0.460. The van der Waals surface area contributed by atoms with Crippen molar-refractivity contribution in [3.05, 3.63) is 16.1 Å². The van der Waals surface area contributed by atoms with Crippen molar-refractivity contribution in [2.45, 2.75) is 32.9 Å². The van der Waals surface area contributed by atoms with Crippen molar-refractivity contribution in [1.82, 2.24) is 10.3 Å². The van der Waals surface area contributed by atoms with E-state index >= 15 is 0 Å². The van der Waals surface area contributed by atoms with Crippen molar-refractivity contribution in [2.24, 2.45) is 0 Å². The van der Waals surface area contributed by atoms with E-state index in [4.69, 9.17) is 0 Å². The molecule has 1 N–H and O–H groups in total. The Bertz CT molecular complexity index is 426. The lowest BCUT2D eigenvalue weighted by molar-refractivity contribution is 0.559. The predicted molar refractivity (Wildman–Crippen MR) is 67.5 cm³/mol. The minimum absolute atomic E-state index is 0.0380. The van der Waals surface area contributed by atoms with Gasteiger partial charge in [0.05, 0.1) is 5.75 Å². The van der Waals surface area contributed by atoms with E-state index in [1.165, 1.54) is 11.1 Å². The van der Waals surface area contributed by atoms with Crippen LogP contribution >= 0.6 is 11.3 Å². The Balaban J connectivity index is 2.39. The summed E-state index contributed by atoms with van der Waals surface area (Å²) in [6, 6.07) is -0.0380. The SMILES string of the molecule is CCc1cnc(CNC(C)CS(C)(=O)=O)s1. The molecule has 0 aliphatic heterocycles. The second-order valence-corrected chi connectivity index (χ2v) is 7.33. The Morgan fingerprint density at radius 3 is 2.75 bits per heavy atom. The van der Waals surface area contributed by atoms with Gasteiger partial charge in [0.25, 0.3) is 0 Å². The van der Waals surface area contributed by atoms with Gasteiger partial charge < -0.3 is 5.32 Å². The van der Waals surface area contributed by atoms with Crippen LogP contribution in [0.3, 0.4) is 0 Å². The second-order valence-electron chi connectivity index (χ2n) is 3.95. The molecule has 1 rings (SSSR count). The average molecular weight is 262 g/mol. The van der Waals surface area contributed by atoms with Crippen LogP contribution in [0.15, 0.2) is 6.20 Å². The third-order valence-electron chi connectivity index (χ3n) is 2.10. The van der Waals surface area contributed by atoms with Crippen LogP contribution in [-0.4, -0.2) is 31.5 Å². The number of thiazole rings is 1. The summed E-state index contributed by atoms with van der Waals surface area (Å²) >= 11 is 1.67. The average Bonchev–Trinajstić information content (AvgIpc) is 2.59. The van der Waals surface area contributed by atoms with Gasteiger partial charge in [0.2, 0.25) is 0 Å². The summed E-state index contributed by atoms with van der Waals surface area (Å²) in [6.07, 6.45) is 4.13. The Morgan fingerprint density at radius 1 is 1.56 bits per heavy atom. The quantitative estimate of drug-likeness (QED) is 0.837. The first kappa shape index (κ1) is 13.6. The van der Waals surface area contributed by atoms with Crippen LogP contribution in [0.1, 0.15) is 23.7 Å². The largest absolute Gasteiger partial charge is 0.307 e. The van der Waals surface area contributed by atoms with Crippen molar-refractivity contribution in [1.29, 1.82) is 0 Å². The lowest BCUT2D eigenvalue weighted by atomic mass is 10.4. The highest BCUT2D eigenvalue weighted by molar-refractivity contribution is 7.90. The van der Waals surface area contributed by atoms with Crippen molar-refractivity contribution >= 4 is 21.2 Å². The summed E-state index contributed by atoms with van der Waals surface area (Å²) in [5, 5.41) is 4.17. The fourth-order valence-corrected chi connectivity index (χ4v) is 3.21. The molecule has 0 spiro atoms. The molecular formula is C10H18N2O2S2. The van der Waals surface area contributed by atoms with E-state index in [1.807, 2.05) is 13.1 Å². The molecule has 4 nitrogen and oxygen atoms in total. The molecule has 0 aromatic carbocycles. The molecule has 6 heteroatoms. The second kappa shape index (κ2) is 5.75. The maximum absolute atomic E-state index is 11.1. The summed E-state index contributed by atoms with van der Waals surface area (Å²) in [5.74, 6) is 0.166. The third kappa shape index (κ3) is 5.05. The third-order valence-corrected chi connectivity index (χ3v) is 4.35. The van der Waals surface area contributed by atoms with Gasteiger partial charge in [-0.05, 0) is 13.3 Å². The molecular weight excluding hydrogens is 244 g/mol. The highest BCUT2D eigenvalue weighted by Gasteiger charge is 2.10. The highest BCUT2D eigenvalue weighted by atomic mass is 32.2. The van der Waals surface area contributed by atoms with E-state index in [9.17, 15) is 8.42 Å². The van der Waals surface area contributed by atoms with Gasteiger partial charge in [-0.15, -0.1) is 11.3 Å². The fraction of sp³-hybridized carbons (Fsp3) is 0.700. The smallest absolute Gasteiger partial charge is 0.148 e. The van der Waals surface area contributed by atoms with Gasteiger partial charge in [0.1, 0.15) is 14.8 Å². The van der Waals surface area contributed by atoms with Crippen LogP contribution < -0.4 is 5.32 Å². The molecule has 0 bridgehead atoms. The normalized spacial score (nSPS) is 13.9. The monoisotopic (exact) mass is 262 g/mol. The van der Waals surface area contributed by atoms with Gasteiger partial charge in [-0.3, -0.25) is 0 Å². The van der Waals surface area contributed by atoms with Crippen molar-refractivity contribution in [2.75, 3.05) is 12.0 Å². The fourth-order valence-electron chi connectivity index (χ4n) is 1.37. The standard InChI is InChI=1S/C10H18N2O2S2/c1-4-9-5-12-10(15-9)6-11-8(2)7-16(3,13)14/h5,8,11H,4,6-7H2,1-3H3. The lowest BCUT2D eigenvalue weighted by Crippen LogP contribution is -2.32. The number of nitrogens with zero attached hydrogens (tertiary/aromatic N) is 1. The van der Waals surface area contributed by atoms with Crippen molar-refractivity contribution < 1.29 is 8.42 Å². The van der Waals surface area contributed by atoms with Crippen molar-refractivity contribution in [3.63, 3.8) is 0 Å². The molecule has 0 amide bonds. The van der Waals surface area contributed by atoms with E-state index in [2.05, 4.69) is 17.2 Å². The van der Waals surface area contributed by atoms with Crippen LogP contribution in [0.4, 0.5) is 0 Å². The van der Waals surface area contributed by atoms with Crippen LogP contribution in [-0.2, 0) is 22.8 Å². The summed E-state index contributed by atoms with van der Waals surface area (Å²) in [7, 11) is -2.91. The van der Waals surface area contributed by atoms with Crippen LogP contribution in [0.2, 0.25) is 0 Å². The van der Waals surface area contributed by atoms with Gasteiger partial charge in [0.15, 0.2) is 0 Å². The number of hydrogen-bond acceptors (Lipinski definition) is 5. The maximum atomic E-state index is 11.1. The molecule has 1 unspecified atom stereocenters. The van der Waals surface area contributed by atoms with E-state index in [1.54, 1.807) is 11.3 Å². The number of hydrogen-bond donors (Lipinski definition) is 1. The zero-order chi connectivity index (χ0) is 12.2. The Kier molecular flexibility index (Phi) is 4.89. The van der Waals surface area contributed by atoms with E-state index in [0.717, 1.165) is 11.4 Å². The summed E-state index contributed by atoms with van der Waals surface area (Å²) < 4.78 is 22.1. The summed E-state index contributed by atoms with van der Waals surface area (Å²) in [6.45, 7) is 4.60. The lowest BCUT2D eigenvalue weighted by Gasteiger charge is -2.10. The summed E-state index contributed by atoms with van der Waals surface area (Å²) in [4.78, 5) is 5.52.